The second kappa shape index (κ2) is 7.68. The number of methoxy groups -OCH3 is 2. The molecule has 1 aromatic rings. The number of nitro groups is 1. The average Bonchev–Trinajstić information content (AvgIpc) is 2.42. The van der Waals surface area contributed by atoms with Gasteiger partial charge in [0.2, 0.25) is 6.20 Å². The Hall–Kier alpha value is -1.69. The van der Waals surface area contributed by atoms with Gasteiger partial charge < -0.3 is 9.47 Å². The van der Waals surface area contributed by atoms with E-state index in [1.807, 2.05) is 6.07 Å². The lowest BCUT2D eigenvalue weighted by molar-refractivity contribution is -0.400. The van der Waals surface area contributed by atoms with E-state index in [4.69, 9.17) is 9.47 Å². The highest BCUT2D eigenvalue weighted by Crippen LogP contribution is 2.36. The third-order valence-corrected chi connectivity index (χ3v) is 3.60. The third kappa shape index (κ3) is 4.48. The van der Waals surface area contributed by atoms with Crippen LogP contribution in [0.5, 0.6) is 11.5 Å². The molecule has 6 heteroatoms. The second-order valence-corrected chi connectivity index (χ2v) is 4.83. The van der Waals surface area contributed by atoms with Gasteiger partial charge in [-0.1, -0.05) is 6.92 Å². The van der Waals surface area contributed by atoms with Crippen molar-refractivity contribution in [3.05, 3.63) is 34.0 Å². The van der Waals surface area contributed by atoms with Crippen LogP contribution in [-0.4, -0.2) is 24.9 Å². The molecule has 0 saturated carbocycles. The minimum Gasteiger partial charge on any atom is -0.496 e. The fourth-order valence-corrected chi connectivity index (χ4v) is 2.39. The van der Waals surface area contributed by atoms with E-state index in [9.17, 15) is 10.1 Å². The van der Waals surface area contributed by atoms with Crippen LogP contribution in [0.1, 0.15) is 18.9 Å². The molecule has 0 N–H and O–H groups in total. The van der Waals surface area contributed by atoms with E-state index < -0.39 is 4.92 Å². The first-order chi connectivity index (χ1) is 9.12. The van der Waals surface area contributed by atoms with Gasteiger partial charge in [-0.15, -0.1) is 11.8 Å². The van der Waals surface area contributed by atoms with Crippen molar-refractivity contribution in [3.8, 4) is 11.5 Å². The van der Waals surface area contributed by atoms with Crippen molar-refractivity contribution in [2.45, 2.75) is 18.2 Å². The van der Waals surface area contributed by atoms with Crippen molar-refractivity contribution in [1.29, 1.82) is 0 Å². The molecule has 0 unspecified atom stereocenters. The fraction of sp³-hybridized carbons (Fsp3) is 0.385. The summed E-state index contributed by atoms with van der Waals surface area (Å²) in [6, 6.07) is 3.59. The van der Waals surface area contributed by atoms with Crippen LogP contribution in [0.15, 0.2) is 23.2 Å². The van der Waals surface area contributed by atoms with E-state index in [1.54, 1.807) is 32.0 Å². The lowest BCUT2D eigenvalue weighted by atomic mass is 10.2. The van der Waals surface area contributed by atoms with Crippen molar-refractivity contribution < 1.29 is 14.4 Å². The quantitative estimate of drug-likeness (QED) is 0.435. The zero-order chi connectivity index (χ0) is 14.3. The lowest BCUT2D eigenvalue weighted by Gasteiger charge is -2.12. The minimum atomic E-state index is -0.508. The normalized spacial score (nSPS) is 10.7. The molecule has 0 saturated heterocycles. The highest BCUT2D eigenvalue weighted by Gasteiger charge is 2.10. The Kier molecular flexibility index (Phi) is 6.21. The molecule has 0 spiro atoms. The van der Waals surface area contributed by atoms with Gasteiger partial charge >= 0.3 is 0 Å². The maximum atomic E-state index is 10.4. The average molecular weight is 283 g/mol. The molecule has 1 rings (SSSR count). The van der Waals surface area contributed by atoms with E-state index >= 15 is 0 Å². The molecular formula is C13H17NO4S. The molecule has 0 amide bonds. The van der Waals surface area contributed by atoms with E-state index in [0.29, 0.717) is 17.1 Å². The van der Waals surface area contributed by atoms with Crippen molar-refractivity contribution in [3.63, 3.8) is 0 Å². The molecule has 0 aliphatic heterocycles. The lowest BCUT2D eigenvalue weighted by Crippen LogP contribution is -1.93. The molecule has 0 aromatic heterocycles. The summed E-state index contributed by atoms with van der Waals surface area (Å²) >= 11 is 1.67. The summed E-state index contributed by atoms with van der Waals surface area (Å²) in [4.78, 5) is 10.8. The number of nitrogens with zero attached hydrogens (tertiary/aromatic N) is 1. The van der Waals surface area contributed by atoms with Gasteiger partial charge in [-0.2, -0.15) is 0 Å². The predicted octanol–water partition coefficient (Wildman–Crippen LogP) is 3.45. The van der Waals surface area contributed by atoms with Gasteiger partial charge in [0.1, 0.15) is 11.5 Å². The van der Waals surface area contributed by atoms with Gasteiger partial charge in [0, 0.05) is 11.6 Å². The number of hydrogen-bond donors (Lipinski definition) is 0. The van der Waals surface area contributed by atoms with Gasteiger partial charge in [0.25, 0.3) is 0 Å². The molecule has 0 fully saturated rings. The summed E-state index contributed by atoms with van der Waals surface area (Å²) in [6.45, 7) is 2.10. The Morgan fingerprint density at radius 1 is 1.32 bits per heavy atom. The second-order valence-electron chi connectivity index (χ2n) is 3.69. The van der Waals surface area contributed by atoms with Crippen molar-refractivity contribution >= 4 is 17.8 Å². The first-order valence-corrected chi connectivity index (χ1v) is 6.81. The zero-order valence-electron chi connectivity index (χ0n) is 11.2. The monoisotopic (exact) mass is 283 g/mol. The highest BCUT2D eigenvalue weighted by atomic mass is 32.2. The first kappa shape index (κ1) is 15.4. The van der Waals surface area contributed by atoms with Crippen LogP contribution in [0.4, 0.5) is 0 Å². The van der Waals surface area contributed by atoms with E-state index in [1.165, 1.54) is 6.08 Å². The molecule has 104 valence electrons. The summed E-state index contributed by atoms with van der Waals surface area (Å²) in [6.07, 6.45) is 3.34. The molecule has 0 radical (unpaired) electrons. The van der Waals surface area contributed by atoms with Crippen LogP contribution in [0.2, 0.25) is 0 Å². The Morgan fingerprint density at radius 3 is 2.53 bits per heavy atom. The minimum absolute atomic E-state index is 0.508. The van der Waals surface area contributed by atoms with Crippen LogP contribution in [0, 0.1) is 10.1 Å². The maximum absolute atomic E-state index is 10.4. The summed E-state index contributed by atoms with van der Waals surface area (Å²) < 4.78 is 10.6. The summed E-state index contributed by atoms with van der Waals surface area (Å²) in [5.74, 6) is 2.27. The molecular weight excluding hydrogens is 266 g/mol. The number of thioether (sulfide) groups is 1. The number of benzene rings is 1. The molecule has 5 nitrogen and oxygen atoms in total. The summed E-state index contributed by atoms with van der Waals surface area (Å²) in [5, 5.41) is 10.4. The molecule has 0 aliphatic carbocycles. The van der Waals surface area contributed by atoms with E-state index in [-0.39, 0.29) is 0 Å². The molecule has 0 heterocycles. The van der Waals surface area contributed by atoms with Crippen molar-refractivity contribution in [2.75, 3.05) is 20.0 Å². The fourth-order valence-electron chi connectivity index (χ4n) is 1.49. The maximum Gasteiger partial charge on any atom is 0.235 e. The number of hydrogen-bond acceptors (Lipinski definition) is 5. The molecule has 0 atom stereocenters. The van der Waals surface area contributed by atoms with E-state index in [2.05, 4.69) is 6.92 Å². The first-order valence-electron chi connectivity index (χ1n) is 5.82. The highest BCUT2D eigenvalue weighted by molar-refractivity contribution is 7.99. The van der Waals surface area contributed by atoms with Gasteiger partial charge in [-0.05, 0) is 24.3 Å². The Balaban J connectivity index is 3.14. The summed E-state index contributed by atoms with van der Waals surface area (Å²) in [7, 11) is 3.12. The predicted molar refractivity (Wildman–Crippen MR) is 76.6 cm³/mol. The van der Waals surface area contributed by atoms with Crippen LogP contribution in [0.25, 0.3) is 6.08 Å². The van der Waals surface area contributed by atoms with Crippen molar-refractivity contribution in [2.24, 2.45) is 0 Å². The van der Waals surface area contributed by atoms with Gasteiger partial charge in [0.05, 0.1) is 24.0 Å². The molecule has 1 aromatic carbocycles. The Morgan fingerprint density at radius 2 is 2.00 bits per heavy atom. The van der Waals surface area contributed by atoms with Gasteiger partial charge in [-0.25, -0.2) is 0 Å². The van der Waals surface area contributed by atoms with Crippen LogP contribution >= 0.6 is 11.8 Å². The van der Waals surface area contributed by atoms with Gasteiger partial charge in [-0.3, -0.25) is 10.1 Å². The Bertz CT molecular complexity index is 474. The number of rotatable bonds is 7. The molecule has 0 bridgehead atoms. The van der Waals surface area contributed by atoms with Crippen molar-refractivity contribution in [1.82, 2.24) is 0 Å². The summed E-state index contributed by atoms with van der Waals surface area (Å²) in [5.41, 5.74) is 0.622. The van der Waals surface area contributed by atoms with Gasteiger partial charge in [0.15, 0.2) is 0 Å². The third-order valence-electron chi connectivity index (χ3n) is 2.35. The molecule has 19 heavy (non-hydrogen) atoms. The van der Waals surface area contributed by atoms with E-state index in [0.717, 1.165) is 23.3 Å². The van der Waals surface area contributed by atoms with Crippen LogP contribution in [0.3, 0.4) is 0 Å². The Labute approximate surface area is 116 Å². The largest absolute Gasteiger partial charge is 0.496 e. The van der Waals surface area contributed by atoms with Crippen LogP contribution < -0.4 is 9.47 Å². The van der Waals surface area contributed by atoms with Crippen LogP contribution in [-0.2, 0) is 0 Å². The topological polar surface area (TPSA) is 61.6 Å². The smallest absolute Gasteiger partial charge is 0.235 e. The number of ether oxygens (including phenoxy) is 2. The zero-order valence-corrected chi connectivity index (χ0v) is 12.0. The standard InChI is InChI=1S/C13H17NO4S/c1-4-7-19-13-9-11(17-2)10(5-6-14(15)16)8-12(13)18-3/h5-6,8-9H,4,7H2,1-3H3/b6-5+. The SMILES string of the molecule is CCCSc1cc(OC)c(/C=C/[N+](=O)[O-])cc1OC. The molecule has 0 aliphatic rings.